The van der Waals surface area contributed by atoms with Crippen LogP contribution in [-0.4, -0.2) is 39.7 Å². The van der Waals surface area contributed by atoms with E-state index in [0.29, 0.717) is 30.6 Å². The van der Waals surface area contributed by atoms with Gasteiger partial charge >= 0.3 is 6.09 Å². The van der Waals surface area contributed by atoms with Gasteiger partial charge in [-0.2, -0.15) is 5.10 Å². The summed E-state index contributed by atoms with van der Waals surface area (Å²) in [6.07, 6.45) is 0.489. The highest BCUT2D eigenvalue weighted by Crippen LogP contribution is 2.39. The van der Waals surface area contributed by atoms with E-state index in [-0.39, 0.29) is 24.4 Å². The number of hydrogen-bond donors (Lipinski definition) is 2. The molecular formula is C26H22N6O7S2. The van der Waals surface area contributed by atoms with Crippen molar-refractivity contribution in [2.75, 3.05) is 6.61 Å². The molecule has 13 nitrogen and oxygen atoms in total. The molecule has 1 heterocycles. The molecule has 4 aromatic rings. The second-order valence-electron chi connectivity index (χ2n) is 8.30. The van der Waals surface area contributed by atoms with Gasteiger partial charge in [0.2, 0.25) is 5.91 Å². The van der Waals surface area contributed by atoms with Crippen LogP contribution in [0.3, 0.4) is 0 Å². The Hall–Kier alpha value is -4.89. The number of thiazole rings is 1. The minimum atomic E-state index is -0.657. The van der Waals surface area contributed by atoms with Gasteiger partial charge < -0.3 is 10.1 Å². The molecule has 0 radical (unpaired) electrons. The molecule has 2 N–H and O–H groups in total. The lowest BCUT2D eigenvalue weighted by Gasteiger charge is -2.18. The molecular weight excluding hydrogens is 572 g/mol. The molecule has 3 aromatic carbocycles. The second-order valence-corrected chi connectivity index (χ2v) is 10.6. The minimum Gasteiger partial charge on any atom is -0.450 e. The molecule has 0 aliphatic carbocycles. The number of carbonyl (C=O) groups excluding carboxylic acids is 2. The highest BCUT2D eigenvalue weighted by molar-refractivity contribution is 8.01. The summed E-state index contributed by atoms with van der Waals surface area (Å²) in [7, 11) is 0. The maximum absolute atomic E-state index is 12.5. The number of hydrazone groups is 1. The Morgan fingerprint density at radius 2 is 1.88 bits per heavy atom. The summed E-state index contributed by atoms with van der Waals surface area (Å²) in [5, 5.41) is 29.4. The van der Waals surface area contributed by atoms with E-state index in [4.69, 9.17) is 4.74 Å². The van der Waals surface area contributed by atoms with Gasteiger partial charge in [-0.1, -0.05) is 48.2 Å². The normalized spacial score (nSPS) is 11.7. The fourth-order valence-electron chi connectivity index (χ4n) is 3.65. The molecule has 210 valence electrons. The molecule has 0 bridgehead atoms. The van der Waals surface area contributed by atoms with Crippen molar-refractivity contribution in [2.45, 2.75) is 28.6 Å². The van der Waals surface area contributed by atoms with Gasteiger partial charge in [0.15, 0.2) is 4.34 Å². The topological polar surface area (TPSA) is 179 Å². The summed E-state index contributed by atoms with van der Waals surface area (Å²) >= 11 is 2.26. The zero-order valence-electron chi connectivity index (χ0n) is 21.4. The number of amides is 2. The number of ether oxygens (including phenoxy) is 1. The number of alkyl carbamates (subject to hydrolysis) is 1. The van der Waals surface area contributed by atoms with Crippen molar-refractivity contribution >= 4 is 62.9 Å². The lowest BCUT2D eigenvalue weighted by Crippen LogP contribution is -2.33. The van der Waals surface area contributed by atoms with Crippen molar-refractivity contribution in [1.29, 1.82) is 0 Å². The molecule has 0 aliphatic heterocycles. The maximum Gasteiger partial charge on any atom is 0.407 e. The third-order valence-corrected chi connectivity index (χ3v) is 7.65. The molecule has 15 heteroatoms. The third-order valence-electron chi connectivity index (χ3n) is 5.50. The van der Waals surface area contributed by atoms with E-state index in [9.17, 15) is 29.8 Å². The van der Waals surface area contributed by atoms with E-state index < -0.39 is 27.9 Å². The highest BCUT2D eigenvalue weighted by atomic mass is 32.2. The van der Waals surface area contributed by atoms with Crippen LogP contribution in [0.4, 0.5) is 16.2 Å². The third kappa shape index (κ3) is 7.83. The van der Waals surface area contributed by atoms with Gasteiger partial charge in [0, 0.05) is 23.8 Å². The van der Waals surface area contributed by atoms with Crippen LogP contribution in [-0.2, 0) is 9.53 Å². The Bertz CT molecular complexity index is 1630. The van der Waals surface area contributed by atoms with Gasteiger partial charge in [-0.15, -0.1) is 11.3 Å². The number of hydrogen-bond acceptors (Lipinski definition) is 11. The number of fused-ring (bicyclic) bond motifs is 1. The average Bonchev–Trinajstić information content (AvgIpc) is 3.35. The van der Waals surface area contributed by atoms with Gasteiger partial charge in [0.1, 0.15) is 0 Å². The van der Waals surface area contributed by atoms with Crippen LogP contribution in [0.1, 0.15) is 30.5 Å². The van der Waals surface area contributed by atoms with Gasteiger partial charge in [0.05, 0.1) is 50.2 Å². The quantitative estimate of drug-likeness (QED) is 0.127. The van der Waals surface area contributed by atoms with Crippen LogP contribution in [0.2, 0.25) is 0 Å². The molecule has 0 fully saturated rings. The van der Waals surface area contributed by atoms with Gasteiger partial charge in [0.25, 0.3) is 11.4 Å². The largest absolute Gasteiger partial charge is 0.450 e. The number of nitro benzene ring substituents is 2. The number of nitro groups is 2. The molecule has 0 aliphatic rings. The zero-order valence-corrected chi connectivity index (χ0v) is 23.0. The van der Waals surface area contributed by atoms with Crippen LogP contribution in [0.15, 0.2) is 81.1 Å². The SMILES string of the molecule is CCOC(=O)N[C@H](CC(=O)N/N=C\c1ccc(Sc2nc3ccc([N+](=O)[O-])cc3s2)c([N+](=O)[O-])c1)c1ccccc1. The van der Waals surface area contributed by atoms with E-state index in [1.807, 2.05) is 6.07 Å². The molecule has 1 aromatic heterocycles. The fraction of sp³-hybridized carbons (Fsp3) is 0.154. The highest BCUT2D eigenvalue weighted by Gasteiger charge is 2.20. The lowest BCUT2D eigenvalue weighted by molar-refractivity contribution is -0.387. The molecule has 0 saturated heterocycles. The van der Waals surface area contributed by atoms with Crippen LogP contribution < -0.4 is 10.7 Å². The van der Waals surface area contributed by atoms with E-state index in [1.165, 1.54) is 47.9 Å². The van der Waals surface area contributed by atoms with Crippen LogP contribution in [0.25, 0.3) is 10.2 Å². The van der Waals surface area contributed by atoms with E-state index in [2.05, 4.69) is 20.8 Å². The smallest absolute Gasteiger partial charge is 0.407 e. The van der Waals surface area contributed by atoms with E-state index >= 15 is 0 Å². The Labute approximate surface area is 240 Å². The Kier molecular flexibility index (Phi) is 9.55. The van der Waals surface area contributed by atoms with Gasteiger partial charge in [-0.05, 0) is 24.6 Å². The summed E-state index contributed by atoms with van der Waals surface area (Å²) in [4.78, 5) is 51.0. The fourth-order valence-corrected chi connectivity index (χ4v) is 5.79. The number of non-ortho nitro benzene ring substituents is 1. The molecule has 1 atom stereocenters. The predicted molar refractivity (Wildman–Crippen MR) is 153 cm³/mol. The summed E-state index contributed by atoms with van der Waals surface area (Å²) in [6, 6.07) is 17.0. The van der Waals surface area contributed by atoms with Crippen LogP contribution in [0, 0.1) is 20.2 Å². The minimum absolute atomic E-state index is 0.0646. The molecule has 0 saturated carbocycles. The Morgan fingerprint density at radius 1 is 1.10 bits per heavy atom. The van der Waals surface area contributed by atoms with Crippen LogP contribution in [0.5, 0.6) is 0 Å². The van der Waals surface area contributed by atoms with Crippen molar-refractivity contribution in [3.8, 4) is 0 Å². The first-order valence-electron chi connectivity index (χ1n) is 12.0. The second kappa shape index (κ2) is 13.5. The number of benzene rings is 3. The van der Waals surface area contributed by atoms with Crippen LogP contribution >= 0.6 is 23.1 Å². The Balaban J connectivity index is 1.43. The van der Waals surface area contributed by atoms with Crippen molar-refractivity contribution in [3.05, 3.63) is 98.1 Å². The molecule has 2 amide bonds. The summed E-state index contributed by atoms with van der Waals surface area (Å²) < 4.78 is 6.01. The Morgan fingerprint density at radius 3 is 2.59 bits per heavy atom. The predicted octanol–water partition coefficient (Wildman–Crippen LogP) is 5.59. The number of aromatic nitrogens is 1. The zero-order chi connectivity index (χ0) is 29.4. The van der Waals surface area contributed by atoms with E-state index in [0.717, 1.165) is 11.8 Å². The summed E-state index contributed by atoms with van der Waals surface area (Å²) in [6.45, 7) is 1.85. The van der Waals surface area contributed by atoms with Crippen molar-refractivity contribution in [1.82, 2.24) is 15.7 Å². The van der Waals surface area contributed by atoms with Crippen molar-refractivity contribution in [2.24, 2.45) is 5.10 Å². The molecule has 0 unspecified atom stereocenters. The lowest BCUT2D eigenvalue weighted by atomic mass is 10.0. The maximum atomic E-state index is 12.5. The first kappa shape index (κ1) is 29.1. The number of nitrogens with zero attached hydrogens (tertiary/aromatic N) is 4. The number of carbonyl (C=O) groups is 2. The summed E-state index contributed by atoms with van der Waals surface area (Å²) in [5.74, 6) is -0.496. The number of nitrogens with one attached hydrogen (secondary N) is 2. The number of rotatable bonds is 11. The first-order chi connectivity index (χ1) is 19.7. The monoisotopic (exact) mass is 594 g/mol. The van der Waals surface area contributed by atoms with Gasteiger partial charge in [-0.25, -0.2) is 15.2 Å². The molecule has 4 rings (SSSR count). The first-order valence-corrected chi connectivity index (χ1v) is 13.7. The van der Waals surface area contributed by atoms with Crippen molar-refractivity contribution in [3.63, 3.8) is 0 Å². The molecule has 0 spiro atoms. The van der Waals surface area contributed by atoms with E-state index in [1.54, 1.807) is 37.3 Å². The standard InChI is InChI=1S/C26H22N6O7S2/c1-2-39-25(34)28-20(17-6-4-3-5-7-17)14-24(33)30-27-15-16-8-11-22(21(12-16)32(37)38)40-26-29-19-10-9-18(31(35)36)13-23(19)41-26/h3-13,15,20H,2,14H2,1H3,(H,28,34)(H,30,33)/b27-15-/t20-/m1/s1. The summed E-state index contributed by atoms with van der Waals surface area (Å²) in [5.41, 5.74) is 3.74. The van der Waals surface area contributed by atoms with Crippen molar-refractivity contribution < 1.29 is 24.2 Å². The average molecular weight is 595 g/mol. The molecule has 41 heavy (non-hydrogen) atoms. The van der Waals surface area contributed by atoms with Gasteiger partial charge in [-0.3, -0.25) is 25.0 Å².